The third-order valence-corrected chi connectivity index (χ3v) is 4.29. The molecule has 1 amide bonds. The van der Waals surface area contributed by atoms with E-state index in [2.05, 4.69) is 15.3 Å². The van der Waals surface area contributed by atoms with Gasteiger partial charge in [-0.1, -0.05) is 12.1 Å². The third kappa shape index (κ3) is 3.89. The van der Waals surface area contributed by atoms with Crippen LogP contribution in [0, 0.1) is 0 Å². The van der Waals surface area contributed by atoms with Crippen molar-refractivity contribution >= 4 is 17.7 Å². The van der Waals surface area contributed by atoms with Crippen LogP contribution in [0.3, 0.4) is 0 Å². The van der Waals surface area contributed by atoms with Crippen molar-refractivity contribution in [2.24, 2.45) is 0 Å². The highest BCUT2D eigenvalue weighted by molar-refractivity contribution is 5.93. The van der Waals surface area contributed by atoms with E-state index in [1.807, 2.05) is 6.07 Å². The lowest BCUT2D eigenvalue weighted by Crippen LogP contribution is -2.45. The molecule has 0 aliphatic rings. The van der Waals surface area contributed by atoms with Crippen molar-refractivity contribution in [2.45, 2.75) is 18.9 Å². The third-order valence-electron chi connectivity index (χ3n) is 4.29. The van der Waals surface area contributed by atoms with E-state index in [1.54, 1.807) is 61.3 Å². The summed E-state index contributed by atoms with van der Waals surface area (Å²) in [4.78, 5) is 33.1. The molecular formula is C19H20N4O4. The Kier molecular flexibility index (Phi) is 5.07. The van der Waals surface area contributed by atoms with Gasteiger partial charge in [-0.2, -0.15) is 0 Å². The molecule has 3 rings (SSSR count). The SMILES string of the molecule is COC(=O)C[C@](C)(NC(=O)c1cn2cccnc2n1)c1cccc(OC)c1. The minimum absolute atomic E-state index is 0.0476. The van der Waals surface area contributed by atoms with Crippen molar-refractivity contribution in [1.82, 2.24) is 19.7 Å². The number of ether oxygens (including phenoxy) is 2. The predicted octanol–water partition coefficient (Wildman–Crippen LogP) is 1.95. The number of carbonyl (C=O) groups excluding carboxylic acids is 2. The van der Waals surface area contributed by atoms with Gasteiger partial charge < -0.3 is 14.8 Å². The second-order valence-corrected chi connectivity index (χ2v) is 6.22. The van der Waals surface area contributed by atoms with E-state index >= 15 is 0 Å². The van der Waals surface area contributed by atoms with Crippen LogP contribution in [0.1, 0.15) is 29.4 Å². The maximum atomic E-state index is 12.8. The summed E-state index contributed by atoms with van der Waals surface area (Å²) in [5.74, 6) is 0.167. The number of nitrogens with zero attached hydrogens (tertiary/aromatic N) is 3. The molecular weight excluding hydrogens is 348 g/mol. The zero-order valence-corrected chi connectivity index (χ0v) is 15.3. The summed E-state index contributed by atoms with van der Waals surface area (Å²) < 4.78 is 11.7. The van der Waals surface area contributed by atoms with Gasteiger partial charge in [0.1, 0.15) is 11.4 Å². The van der Waals surface area contributed by atoms with Crippen LogP contribution in [0.2, 0.25) is 0 Å². The van der Waals surface area contributed by atoms with Crippen molar-refractivity contribution in [3.63, 3.8) is 0 Å². The zero-order valence-electron chi connectivity index (χ0n) is 15.3. The van der Waals surface area contributed by atoms with Crippen molar-refractivity contribution in [1.29, 1.82) is 0 Å². The summed E-state index contributed by atoms with van der Waals surface area (Å²) in [6.07, 6.45) is 4.89. The van der Waals surface area contributed by atoms with Gasteiger partial charge in [0.25, 0.3) is 5.91 Å². The van der Waals surface area contributed by atoms with Gasteiger partial charge >= 0.3 is 5.97 Å². The minimum Gasteiger partial charge on any atom is -0.497 e. The van der Waals surface area contributed by atoms with Crippen LogP contribution in [-0.4, -0.2) is 40.5 Å². The van der Waals surface area contributed by atoms with Gasteiger partial charge in [-0.3, -0.25) is 14.0 Å². The number of hydrogen-bond donors (Lipinski definition) is 1. The van der Waals surface area contributed by atoms with Crippen LogP contribution in [0.25, 0.3) is 5.78 Å². The number of carbonyl (C=O) groups is 2. The van der Waals surface area contributed by atoms with E-state index in [0.29, 0.717) is 17.1 Å². The molecule has 1 atom stereocenters. The molecule has 8 heteroatoms. The molecule has 27 heavy (non-hydrogen) atoms. The fourth-order valence-electron chi connectivity index (χ4n) is 2.80. The smallest absolute Gasteiger partial charge is 0.308 e. The average molecular weight is 368 g/mol. The molecule has 140 valence electrons. The standard InChI is InChI=1S/C19H20N4O4/c1-19(11-16(24)27-3,13-6-4-7-14(10-13)26-2)22-17(25)15-12-23-9-5-8-20-18(23)21-15/h4-10,12H,11H2,1-3H3,(H,22,25)/t19-/m0/s1. The lowest BCUT2D eigenvalue weighted by molar-refractivity contribution is -0.142. The van der Waals surface area contributed by atoms with Crippen molar-refractivity contribution < 1.29 is 19.1 Å². The second-order valence-electron chi connectivity index (χ2n) is 6.22. The minimum atomic E-state index is -1.01. The van der Waals surface area contributed by atoms with E-state index in [-0.39, 0.29) is 12.1 Å². The summed E-state index contributed by atoms with van der Waals surface area (Å²) in [7, 11) is 2.86. The van der Waals surface area contributed by atoms with Crippen molar-refractivity contribution in [3.05, 3.63) is 60.2 Å². The van der Waals surface area contributed by atoms with Crippen LogP contribution >= 0.6 is 0 Å². The average Bonchev–Trinajstić information content (AvgIpc) is 3.12. The normalized spacial score (nSPS) is 13.0. The van der Waals surface area contributed by atoms with Gasteiger partial charge in [0.05, 0.1) is 26.2 Å². The summed E-state index contributed by atoms with van der Waals surface area (Å²) in [5, 5.41) is 2.90. The number of rotatable bonds is 6. The van der Waals surface area contributed by atoms with E-state index in [4.69, 9.17) is 9.47 Å². The number of fused-ring (bicyclic) bond motifs is 1. The lowest BCUT2D eigenvalue weighted by Gasteiger charge is -2.30. The summed E-state index contributed by atoms with van der Waals surface area (Å²) in [6.45, 7) is 1.75. The number of methoxy groups -OCH3 is 2. The predicted molar refractivity (Wildman–Crippen MR) is 97.4 cm³/mol. The molecule has 2 aromatic heterocycles. The number of benzene rings is 1. The number of amides is 1. The quantitative estimate of drug-likeness (QED) is 0.668. The number of aromatic nitrogens is 3. The van der Waals surface area contributed by atoms with E-state index in [9.17, 15) is 9.59 Å². The van der Waals surface area contributed by atoms with Crippen LogP contribution in [-0.2, 0) is 15.1 Å². The van der Waals surface area contributed by atoms with Gasteiger partial charge in [0.2, 0.25) is 5.78 Å². The Hall–Kier alpha value is -3.42. The first-order valence-electron chi connectivity index (χ1n) is 8.29. The molecule has 2 heterocycles. The fraction of sp³-hybridized carbons (Fsp3) is 0.263. The molecule has 0 unspecified atom stereocenters. The first-order chi connectivity index (χ1) is 12.9. The van der Waals surface area contributed by atoms with Crippen LogP contribution in [0.15, 0.2) is 48.9 Å². The first kappa shape index (κ1) is 18.4. The van der Waals surface area contributed by atoms with Gasteiger partial charge in [-0.25, -0.2) is 9.97 Å². The first-order valence-corrected chi connectivity index (χ1v) is 8.29. The monoisotopic (exact) mass is 368 g/mol. The van der Waals surface area contributed by atoms with Crippen molar-refractivity contribution in [3.8, 4) is 5.75 Å². The van der Waals surface area contributed by atoms with Crippen LogP contribution < -0.4 is 10.1 Å². The van der Waals surface area contributed by atoms with Crippen LogP contribution in [0.4, 0.5) is 0 Å². The summed E-state index contributed by atoms with van der Waals surface area (Å²) in [5.41, 5.74) is -0.0998. The van der Waals surface area contributed by atoms with Gasteiger partial charge in [-0.15, -0.1) is 0 Å². The van der Waals surface area contributed by atoms with E-state index in [0.717, 1.165) is 0 Å². The maximum absolute atomic E-state index is 12.8. The Labute approximate surface area is 156 Å². The summed E-state index contributed by atoms with van der Waals surface area (Å²) in [6, 6.07) is 8.92. The lowest BCUT2D eigenvalue weighted by atomic mass is 9.88. The molecule has 8 nitrogen and oxygen atoms in total. The Balaban J connectivity index is 1.94. The Morgan fingerprint density at radius 3 is 2.78 bits per heavy atom. The molecule has 0 aliphatic heterocycles. The van der Waals surface area contributed by atoms with E-state index in [1.165, 1.54) is 7.11 Å². The molecule has 3 aromatic rings. The zero-order chi connectivity index (χ0) is 19.4. The Morgan fingerprint density at radius 1 is 1.26 bits per heavy atom. The highest BCUT2D eigenvalue weighted by Crippen LogP contribution is 2.28. The fourth-order valence-corrected chi connectivity index (χ4v) is 2.80. The Morgan fingerprint density at radius 2 is 2.07 bits per heavy atom. The molecule has 1 N–H and O–H groups in total. The topological polar surface area (TPSA) is 94.8 Å². The molecule has 0 radical (unpaired) electrons. The molecule has 0 aliphatic carbocycles. The molecule has 0 saturated carbocycles. The summed E-state index contributed by atoms with van der Waals surface area (Å²) >= 11 is 0. The highest BCUT2D eigenvalue weighted by Gasteiger charge is 2.33. The molecule has 0 bridgehead atoms. The molecule has 0 spiro atoms. The van der Waals surface area contributed by atoms with Gasteiger partial charge in [0, 0.05) is 18.6 Å². The second kappa shape index (κ2) is 7.45. The number of imidazole rings is 1. The maximum Gasteiger partial charge on any atom is 0.308 e. The Bertz CT molecular complexity index is 952. The largest absolute Gasteiger partial charge is 0.497 e. The van der Waals surface area contributed by atoms with Crippen molar-refractivity contribution in [2.75, 3.05) is 14.2 Å². The molecule has 0 saturated heterocycles. The molecule has 0 fully saturated rings. The van der Waals surface area contributed by atoms with Gasteiger partial charge in [-0.05, 0) is 30.7 Å². The van der Waals surface area contributed by atoms with Crippen LogP contribution in [0.5, 0.6) is 5.75 Å². The number of hydrogen-bond acceptors (Lipinski definition) is 6. The number of esters is 1. The number of nitrogens with one attached hydrogen (secondary N) is 1. The van der Waals surface area contributed by atoms with Gasteiger partial charge in [0.15, 0.2) is 0 Å². The van der Waals surface area contributed by atoms with E-state index < -0.39 is 17.4 Å². The highest BCUT2D eigenvalue weighted by atomic mass is 16.5. The molecule has 1 aromatic carbocycles.